The Labute approximate surface area is 168 Å². The Kier molecular flexibility index (Phi) is 6.12. The zero-order valence-corrected chi connectivity index (χ0v) is 16.2. The SMILES string of the molecule is C=C(C)C(=O)c1ccc2c(c1OCCOC(=O)CCC(=O)O)Cc1ccccc1-2. The second kappa shape index (κ2) is 8.73. The molecule has 6 nitrogen and oxygen atoms in total. The molecule has 0 atom stereocenters. The van der Waals surface area contributed by atoms with Crippen LogP contribution in [0.15, 0.2) is 48.6 Å². The number of hydrogen-bond donors (Lipinski definition) is 1. The summed E-state index contributed by atoms with van der Waals surface area (Å²) in [5.74, 6) is -1.37. The molecule has 1 aliphatic rings. The van der Waals surface area contributed by atoms with Crippen molar-refractivity contribution in [2.24, 2.45) is 0 Å². The summed E-state index contributed by atoms with van der Waals surface area (Å²) in [5.41, 5.74) is 5.06. The first kappa shape index (κ1) is 20.3. The standard InChI is InChI=1S/C23H22O6/c1-14(2)22(27)18-8-7-17-16-6-4-3-5-15(16)13-19(17)23(18)29-12-11-28-21(26)10-9-20(24)25/h3-8H,1,9-13H2,2H3,(H,24,25). The summed E-state index contributed by atoms with van der Waals surface area (Å²) in [7, 11) is 0. The third-order valence-electron chi connectivity index (χ3n) is 4.70. The fourth-order valence-electron chi connectivity index (χ4n) is 3.34. The van der Waals surface area contributed by atoms with Crippen molar-refractivity contribution in [1.29, 1.82) is 0 Å². The van der Waals surface area contributed by atoms with E-state index in [2.05, 4.69) is 6.58 Å². The molecule has 0 radical (unpaired) electrons. The molecular weight excluding hydrogens is 372 g/mol. The van der Waals surface area contributed by atoms with E-state index in [4.69, 9.17) is 14.6 Å². The maximum Gasteiger partial charge on any atom is 0.306 e. The molecule has 0 saturated carbocycles. The monoisotopic (exact) mass is 394 g/mol. The van der Waals surface area contributed by atoms with Crippen LogP contribution >= 0.6 is 0 Å². The predicted molar refractivity (Wildman–Crippen MR) is 107 cm³/mol. The van der Waals surface area contributed by atoms with E-state index in [-0.39, 0.29) is 31.8 Å². The zero-order chi connectivity index (χ0) is 21.0. The first-order valence-corrected chi connectivity index (χ1v) is 9.33. The van der Waals surface area contributed by atoms with E-state index in [0.29, 0.717) is 23.3 Å². The lowest BCUT2D eigenvalue weighted by Crippen LogP contribution is -2.15. The van der Waals surface area contributed by atoms with Gasteiger partial charge in [0, 0.05) is 12.0 Å². The number of carboxylic acids is 1. The van der Waals surface area contributed by atoms with Gasteiger partial charge in [0.15, 0.2) is 5.78 Å². The van der Waals surface area contributed by atoms with Crippen LogP contribution < -0.4 is 4.74 Å². The molecular formula is C23H22O6. The maximum absolute atomic E-state index is 12.6. The van der Waals surface area contributed by atoms with E-state index >= 15 is 0 Å². The summed E-state index contributed by atoms with van der Waals surface area (Å²) in [6, 6.07) is 11.7. The lowest BCUT2D eigenvalue weighted by atomic mass is 9.97. The van der Waals surface area contributed by atoms with E-state index in [1.807, 2.05) is 30.3 Å². The zero-order valence-electron chi connectivity index (χ0n) is 16.2. The molecule has 6 heteroatoms. The van der Waals surface area contributed by atoms with E-state index < -0.39 is 11.9 Å². The molecule has 3 rings (SSSR count). The van der Waals surface area contributed by atoms with Gasteiger partial charge in [0.25, 0.3) is 0 Å². The van der Waals surface area contributed by atoms with E-state index in [0.717, 1.165) is 22.3 Å². The summed E-state index contributed by atoms with van der Waals surface area (Å²) in [5, 5.41) is 8.60. The van der Waals surface area contributed by atoms with Crippen LogP contribution in [0.25, 0.3) is 11.1 Å². The van der Waals surface area contributed by atoms with Crippen molar-refractivity contribution in [2.45, 2.75) is 26.2 Å². The number of carboxylic acid groups (broad SMARTS) is 1. The largest absolute Gasteiger partial charge is 0.489 e. The third-order valence-corrected chi connectivity index (χ3v) is 4.70. The lowest BCUT2D eigenvalue weighted by molar-refractivity contribution is -0.148. The number of hydrogen-bond acceptors (Lipinski definition) is 5. The van der Waals surface area contributed by atoms with E-state index in [1.54, 1.807) is 13.0 Å². The number of esters is 1. The van der Waals surface area contributed by atoms with E-state index in [1.165, 1.54) is 0 Å². The first-order valence-electron chi connectivity index (χ1n) is 9.33. The molecule has 0 bridgehead atoms. The van der Waals surface area contributed by atoms with Gasteiger partial charge in [-0.05, 0) is 35.3 Å². The van der Waals surface area contributed by atoms with Gasteiger partial charge in [0.2, 0.25) is 0 Å². The van der Waals surface area contributed by atoms with Crippen molar-refractivity contribution in [3.05, 3.63) is 65.2 Å². The normalized spacial score (nSPS) is 11.3. The highest BCUT2D eigenvalue weighted by Gasteiger charge is 2.26. The number of Topliss-reactive ketones (excluding diaryl/α,β-unsaturated/α-hetero) is 1. The number of allylic oxidation sites excluding steroid dienone is 1. The van der Waals surface area contributed by atoms with Crippen molar-refractivity contribution in [3.8, 4) is 16.9 Å². The average molecular weight is 394 g/mol. The van der Waals surface area contributed by atoms with Crippen molar-refractivity contribution < 1.29 is 29.0 Å². The highest BCUT2D eigenvalue weighted by atomic mass is 16.6. The minimum absolute atomic E-state index is 0.0320. The Balaban J connectivity index is 1.77. The van der Waals surface area contributed by atoms with Crippen molar-refractivity contribution >= 4 is 17.7 Å². The summed E-state index contributed by atoms with van der Waals surface area (Å²) in [6.45, 7) is 5.41. The van der Waals surface area contributed by atoms with Gasteiger partial charge in [-0.25, -0.2) is 0 Å². The summed E-state index contributed by atoms with van der Waals surface area (Å²) >= 11 is 0. The van der Waals surface area contributed by atoms with Gasteiger partial charge in [-0.1, -0.05) is 36.9 Å². The number of carbonyl (C=O) groups excluding carboxylic acids is 2. The van der Waals surface area contributed by atoms with Gasteiger partial charge in [0.1, 0.15) is 19.0 Å². The van der Waals surface area contributed by atoms with Crippen LogP contribution in [0.3, 0.4) is 0 Å². The number of carbonyl (C=O) groups is 3. The smallest absolute Gasteiger partial charge is 0.306 e. The highest BCUT2D eigenvalue weighted by molar-refractivity contribution is 6.10. The van der Waals surface area contributed by atoms with Gasteiger partial charge in [0.05, 0.1) is 18.4 Å². The molecule has 1 aliphatic carbocycles. The minimum Gasteiger partial charge on any atom is -0.489 e. The number of fused-ring (bicyclic) bond motifs is 3. The first-order chi connectivity index (χ1) is 13.9. The van der Waals surface area contributed by atoms with Crippen LogP contribution in [0.5, 0.6) is 5.75 Å². The molecule has 0 amide bonds. The Morgan fingerprint density at radius 3 is 2.52 bits per heavy atom. The fraction of sp³-hybridized carbons (Fsp3) is 0.261. The van der Waals surface area contributed by atoms with Crippen LogP contribution in [0, 0.1) is 0 Å². The molecule has 2 aromatic carbocycles. The quantitative estimate of drug-likeness (QED) is 0.257. The predicted octanol–water partition coefficient (Wildman–Crippen LogP) is 3.80. The molecule has 0 heterocycles. The molecule has 0 aliphatic heterocycles. The summed E-state index contributed by atoms with van der Waals surface area (Å²) < 4.78 is 10.9. The molecule has 0 saturated heterocycles. The molecule has 150 valence electrons. The topological polar surface area (TPSA) is 89.9 Å². The van der Waals surface area contributed by atoms with Crippen LogP contribution in [-0.4, -0.2) is 36.0 Å². The number of rotatable bonds is 9. The van der Waals surface area contributed by atoms with Crippen LogP contribution in [0.1, 0.15) is 41.3 Å². The Bertz CT molecular complexity index is 989. The Morgan fingerprint density at radius 2 is 1.79 bits per heavy atom. The summed E-state index contributed by atoms with van der Waals surface area (Å²) in [6.07, 6.45) is 0.183. The number of ether oxygens (including phenoxy) is 2. The molecule has 0 unspecified atom stereocenters. The molecule has 0 aromatic heterocycles. The third kappa shape index (κ3) is 4.54. The molecule has 0 spiro atoms. The molecule has 0 fully saturated rings. The van der Waals surface area contributed by atoms with Crippen molar-refractivity contribution in [1.82, 2.24) is 0 Å². The van der Waals surface area contributed by atoms with Crippen molar-refractivity contribution in [2.75, 3.05) is 13.2 Å². The van der Waals surface area contributed by atoms with Gasteiger partial charge < -0.3 is 14.6 Å². The molecule has 2 aromatic rings. The van der Waals surface area contributed by atoms with E-state index in [9.17, 15) is 14.4 Å². The van der Waals surface area contributed by atoms with Crippen LogP contribution in [0.2, 0.25) is 0 Å². The van der Waals surface area contributed by atoms with Gasteiger partial charge in [-0.2, -0.15) is 0 Å². The Hall–Kier alpha value is -3.41. The van der Waals surface area contributed by atoms with Gasteiger partial charge >= 0.3 is 11.9 Å². The number of benzene rings is 2. The van der Waals surface area contributed by atoms with Crippen molar-refractivity contribution in [3.63, 3.8) is 0 Å². The maximum atomic E-state index is 12.6. The van der Waals surface area contributed by atoms with Gasteiger partial charge in [-0.3, -0.25) is 14.4 Å². The second-order valence-corrected chi connectivity index (χ2v) is 6.87. The Morgan fingerprint density at radius 1 is 1.03 bits per heavy atom. The molecule has 29 heavy (non-hydrogen) atoms. The highest BCUT2D eigenvalue weighted by Crippen LogP contribution is 2.43. The lowest BCUT2D eigenvalue weighted by Gasteiger charge is -2.15. The number of ketones is 1. The van der Waals surface area contributed by atoms with Crippen LogP contribution in [0.4, 0.5) is 0 Å². The van der Waals surface area contributed by atoms with Gasteiger partial charge in [-0.15, -0.1) is 0 Å². The molecule has 1 N–H and O–H groups in total. The average Bonchev–Trinajstić information content (AvgIpc) is 3.08. The fourth-order valence-corrected chi connectivity index (χ4v) is 3.34. The minimum atomic E-state index is -1.06. The number of aliphatic carboxylic acids is 1. The second-order valence-electron chi connectivity index (χ2n) is 6.87. The summed E-state index contributed by atoms with van der Waals surface area (Å²) in [4.78, 5) is 34.7. The van der Waals surface area contributed by atoms with Crippen LogP contribution in [-0.2, 0) is 20.7 Å².